The molecule has 0 saturated carbocycles. The molecule has 1 atom stereocenters. The standard InChI is InChI=1S/C25H25F2N5O4/c1-15-3-5-32-20(12-17-13-30(7-8-36-17)25(34)35-2)24(29-21(32)9-15)23-18(26)10-16(11-19(23)27)31-6-4-28-22(31)14-33/h3,5,9-11,17,28H,4,6-8,12-13H2,1-2H3/t17-/m0/s1. The number of ether oxygens (including phenoxy) is 2. The van der Waals surface area contributed by atoms with Gasteiger partial charge >= 0.3 is 6.09 Å². The highest BCUT2D eigenvalue weighted by Crippen LogP contribution is 2.34. The number of amides is 1. The maximum absolute atomic E-state index is 15.5. The van der Waals surface area contributed by atoms with Crippen LogP contribution in [-0.4, -0.2) is 72.3 Å². The second-order valence-electron chi connectivity index (χ2n) is 8.77. The summed E-state index contributed by atoms with van der Waals surface area (Å²) in [7, 11) is 1.32. The van der Waals surface area contributed by atoms with Crippen LogP contribution in [0.3, 0.4) is 0 Å². The molecule has 2 fully saturated rings. The van der Waals surface area contributed by atoms with Crippen LogP contribution in [0.4, 0.5) is 19.3 Å². The van der Waals surface area contributed by atoms with E-state index in [-0.39, 0.29) is 35.7 Å². The van der Waals surface area contributed by atoms with Crippen molar-refractivity contribution in [1.82, 2.24) is 19.6 Å². The number of pyridine rings is 1. The van der Waals surface area contributed by atoms with Gasteiger partial charge in [0, 0.05) is 37.9 Å². The van der Waals surface area contributed by atoms with Gasteiger partial charge in [0.2, 0.25) is 0 Å². The summed E-state index contributed by atoms with van der Waals surface area (Å²) in [4.78, 5) is 30.8. The highest BCUT2D eigenvalue weighted by Gasteiger charge is 2.30. The van der Waals surface area contributed by atoms with Gasteiger partial charge in [0.1, 0.15) is 17.3 Å². The van der Waals surface area contributed by atoms with E-state index >= 15 is 8.78 Å². The molecule has 2 aromatic heterocycles. The minimum Gasteiger partial charge on any atom is -0.453 e. The maximum atomic E-state index is 15.5. The fraction of sp³-hybridized carbons (Fsp3) is 0.360. The Morgan fingerprint density at radius 2 is 2.06 bits per heavy atom. The first-order chi connectivity index (χ1) is 17.4. The van der Waals surface area contributed by atoms with Crippen molar-refractivity contribution in [3.63, 3.8) is 0 Å². The fourth-order valence-corrected chi connectivity index (χ4v) is 4.73. The number of imidazole rings is 1. The van der Waals surface area contributed by atoms with E-state index < -0.39 is 23.8 Å². The minimum atomic E-state index is -0.802. The van der Waals surface area contributed by atoms with Crippen LogP contribution in [-0.2, 0) is 20.7 Å². The van der Waals surface area contributed by atoms with Crippen molar-refractivity contribution >= 4 is 23.4 Å². The number of nitrogens with zero attached hydrogens (tertiary/aromatic N) is 4. The smallest absolute Gasteiger partial charge is 0.409 e. The number of aryl methyl sites for hydroxylation is 1. The van der Waals surface area contributed by atoms with Crippen LogP contribution in [0.1, 0.15) is 11.3 Å². The Balaban J connectivity index is 1.57. The summed E-state index contributed by atoms with van der Waals surface area (Å²) < 4.78 is 43.5. The molecule has 5 rings (SSSR count). The van der Waals surface area contributed by atoms with Crippen LogP contribution in [0.2, 0.25) is 0 Å². The van der Waals surface area contributed by atoms with Crippen LogP contribution in [0.15, 0.2) is 36.3 Å². The number of nitrogens with one attached hydrogen (secondary N) is 1. The Labute approximate surface area is 205 Å². The normalized spacial score (nSPS) is 17.9. The monoisotopic (exact) mass is 497 g/mol. The summed E-state index contributed by atoms with van der Waals surface area (Å²) in [6.45, 7) is 3.75. The van der Waals surface area contributed by atoms with Crippen LogP contribution >= 0.6 is 0 Å². The summed E-state index contributed by atoms with van der Waals surface area (Å²) in [5.74, 6) is 0.292. The molecule has 2 saturated heterocycles. The van der Waals surface area contributed by atoms with Gasteiger partial charge in [-0.15, -0.1) is 0 Å². The Kier molecular flexibility index (Phi) is 6.34. The van der Waals surface area contributed by atoms with Crippen molar-refractivity contribution in [2.75, 3.05) is 44.8 Å². The van der Waals surface area contributed by atoms with E-state index in [1.165, 1.54) is 24.1 Å². The summed E-state index contributed by atoms with van der Waals surface area (Å²) in [5.41, 5.74) is 2.15. The number of carbonyl (C=O) groups is 1. The Bertz CT molecular complexity index is 1360. The second-order valence-corrected chi connectivity index (χ2v) is 8.77. The lowest BCUT2D eigenvalue weighted by Gasteiger charge is -2.32. The summed E-state index contributed by atoms with van der Waals surface area (Å²) in [5, 5.41) is 2.84. The highest BCUT2D eigenvalue weighted by atomic mass is 19.1. The third-order valence-electron chi connectivity index (χ3n) is 6.44. The molecule has 36 heavy (non-hydrogen) atoms. The molecule has 1 aromatic carbocycles. The van der Waals surface area contributed by atoms with Crippen molar-refractivity contribution in [3.05, 3.63) is 59.2 Å². The molecule has 0 unspecified atom stereocenters. The van der Waals surface area contributed by atoms with Crippen molar-refractivity contribution < 1.29 is 27.8 Å². The highest BCUT2D eigenvalue weighted by molar-refractivity contribution is 5.73. The molecule has 9 nitrogen and oxygen atoms in total. The molecule has 0 radical (unpaired) electrons. The molecule has 0 bridgehead atoms. The topological polar surface area (TPSA) is 88.4 Å². The zero-order chi connectivity index (χ0) is 25.4. The first-order valence-electron chi connectivity index (χ1n) is 11.6. The maximum Gasteiger partial charge on any atom is 0.409 e. The number of benzene rings is 1. The molecular formula is C25H25F2N5O4. The number of rotatable bonds is 4. The number of morpholine rings is 1. The van der Waals surface area contributed by atoms with E-state index in [2.05, 4.69) is 10.3 Å². The number of hydrogen-bond donors (Lipinski definition) is 1. The third-order valence-corrected chi connectivity index (χ3v) is 6.44. The van der Waals surface area contributed by atoms with E-state index in [0.29, 0.717) is 37.6 Å². The summed E-state index contributed by atoms with van der Waals surface area (Å²) in [6.07, 6.45) is 1.20. The van der Waals surface area contributed by atoms with E-state index in [0.717, 1.165) is 5.56 Å². The van der Waals surface area contributed by atoms with Crippen molar-refractivity contribution in [2.24, 2.45) is 0 Å². The van der Waals surface area contributed by atoms with Crippen LogP contribution < -0.4 is 10.2 Å². The Morgan fingerprint density at radius 1 is 1.28 bits per heavy atom. The predicted octanol–water partition coefficient (Wildman–Crippen LogP) is 2.68. The van der Waals surface area contributed by atoms with Gasteiger partial charge in [0.25, 0.3) is 0 Å². The molecule has 4 heterocycles. The molecule has 188 valence electrons. The van der Waals surface area contributed by atoms with Crippen LogP contribution in [0.25, 0.3) is 16.9 Å². The average molecular weight is 498 g/mol. The number of fused-ring (bicyclic) bond motifs is 1. The van der Waals surface area contributed by atoms with Gasteiger partial charge in [-0.25, -0.2) is 23.4 Å². The number of hydrogen-bond acceptors (Lipinski definition) is 7. The minimum absolute atomic E-state index is 0.134. The molecule has 0 spiro atoms. The lowest BCUT2D eigenvalue weighted by Crippen LogP contribution is -2.46. The number of aromatic nitrogens is 2. The van der Waals surface area contributed by atoms with Crippen LogP contribution in [0.5, 0.6) is 0 Å². The first kappa shape index (κ1) is 23.8. The summed E-state index contributed by atoms with van der Waals surface area (Å²) in [6, 6.07) is 6.10. The SMILES string of the molecule is COC(=O)N1CCO[C@@H](Cc2c(-c3c(F)cc(N4CCNC4=C=O)cc3F)nc3cc(C)ccn23)C1. The van der Waals surface area contributed by atoms with Gasteiger partial charge in [0.05, 0.1) is 43.3 Å². The molecule has 1 N–H and O–H groups in total. The van der Waals surface area contributed by atoms with E-state index in [4.69, 9.17) is 9.47 Å². The van der Waals surface area contributed by atoms with Crippen molar-refractivity contribution in [1.29, 1.82) is 0 Å². The Hall–Kier alpha value is -3.95. The first-order valence-corrected chi connectivity index (χ1v) is 11.6. The molecule has 2 aliphatic rings. The molecular weight excluding hydrogens is 472 g/mol. The lowest BCUT2D eigenvalue weighted by molar-refractivity contribution is -0.0241. The van der Waals surface area contributed by atoms with Gasteiger partial charge in [-0.3, -0.25) is 0 Å². The van der Waals surface area contributed by atoms with E-state index in [9.17, 15) is 9.59 Å². The zero-order valence-electron chi connectivity index (χ0n) is 19.9. The molecule has 2 aliphatic heterocycles. The van der Waals surface area contributed by atoms with Crippen molar-refractivity contribution in [2.45, 2.75) is 19.4 Å². The van der Waals surface area contributed by atoms with Gasteiger partial charge in [-0.2, -0.15) is 0 Å². The largest absolute Gasteiger partial charge is 0.453 e. The zero-order valence-corrected chi connectivity index (χ0v) is 19.9. The van der Waals surface area contributed by atoms with Gasteiger partial charge in [-0.1, -0.05) is 0 Å². The van der Waals surface area contributed by atoms with Gasteiger partial charge in [0.15, 0.2) is 11.8 Å². The fourth-order valence-electron chi connectivity index (χ4n) is 4.73. The van der Waals surface area contributed by atoms with Gasteiger partial charge in [-0.05, 0) is 36.8 Å². The average Bonchev–Trinajstić information content (AvgIpc) is 3.48. The third kappa shape index (κ3) is 4.27. The molecule has 1 amide bonds. The lowest BCUT2D eigenvalue weighted by atomic mass is 10.0. The number of methoxy groups -OCH3 is 1. The number of carbonyl (C=O) groups excluding carboxylic acids is 2. The molecule has 0 aliphatic carbocycles. The molecule has 3 aromatic rings. The molecule has 11 heteroatoms. The van der Waals surface area contributed by atoms with Crippen LogP contribution in [0, 0.1) is 18.6 Å². The summed E-state index contributed by atoms with van der Waals surface area (Å²) >= 11 is 0. The second kappa shape index (κ2) is 9.60. The quantitative estimate of drug-likeness (QED) is 0.555. The Morgan fingerprint density at radius 3 is 2.78 bits per heavy atom. The number of halogens is 2. The van der Waals surface area contributed by atoms with E-state index in [1.807, 2.05) is 19.1 Å². The van der Waals surface area contributed by atoms with Crippen molar-refractivity contribution in [3.8, 4) is 11.3 Å². The van der Waals surface area contributed by atoms with E-state index in [1.54, 1.807) is 21.4 Å². The van der Waals surface area contributed by atoms with Gasteiger partial charge < -0.3 is 29.0 Å². The predicted molar refractivity (Wildman–Crippen MR) is 127 cm³/mol. The number of anilines is 1.